The number of rotatable bonds is 12. The standard InChI is InChI=1S/C26H43N5O2/c1-2-3-17-33-26-28-24(27)22-18-23(32)31(25(22)29-26)14-8-4-5-9-20-12-15-30(16-13-20)19-21-10-6-7-11-21/h20-21H,2-19H2,1H3,(H2,27,28,29). The Hall–Kier alpha value is -1.89. The second-order valence-electron chi connectivity index (χ2n) is 10.4. The highest BCUT2D eigenvalue weighted by atomic mass is 16.5. The zero-order chi connectivity index (χ0) is 23.0. The van der Waals surface area contributed by atoms with E-state index in [2.05, 4.69) is 21.8 Å². The summed E-state index contributed by atoms with van der Waals surface area (Å²) >= 11 is 0. The number of aromatic nitrogens is 2. The SMILES string of the molecule is CCCCOc1nc(N)c2c(n1)N(CCCCCC1CCN(CC3CCCC3)CC1)C(=O)C2. The van der Waals surface area contributed by atoms with E-state index in [0.29, 0.717) is 37.2 Å². The monoisotopic (exact) mass is 457 g/mol. The Bertz CT molecular complexity index is 772. The summed E-state index contributed by atoms with van der Waals surface area (Å²) in [5.41, 5.74) is 6.86. The van der Waals surface area contributed by atoms with Crippen LogP contribution < -0.4 is 15.4 Å². The maximum Gasteiger partial charge on any atom is 0.320 e. The van der Waals surface area contributed by atoms with Crippen LogP contribution in [0.5, 0.6) is 6.01 Å². The Morgan fingerprint density at radius 2 is 1.79 bits per heavy atom. The van der Waals surface area contributed by atoms with E-state index in [-0.39, 0.29) is 5.91 Å². The van der Waals surface area contributed by atoms with E-state index in [9.17, 15) is 4.79 Å². The van der Waals surface area contributed by atoms with Crippen LogP contribution in [0.1, 0.15) is 89.5 Å². The van der Waals surface area contributed by atoms with Crippen LogP contribution in [0.25, 0.3) is 0 Å². The fraction of sp³-hybridized carbons (Fsp3) is 0.808. The molecule has 184 valence electrons. The third kappa shape index (κ3) is 6.58. The second-order valence-corrected chi connectivity index (χ2v) is 10.4. The molecule has 1 saturated heterocycles. The average molecular weight is 458 g/mol. The highest BCUT2D eigenvalue weighted by Crippen LogP contribution is 2.33. The summed E-state index contributed by atoms with van der Waals surface area (Å²) < 4.78 is 5.65. The van der Waals surface area contributed by atoms with E-state index in [1.807, 2.05) is 0 Å². The Labute approximate surface area is 199 Å². The summed E-state index contributed by atoms with van der Waals surface area (Å²) in [5, 5.41) is 0. The highest BCUT2D eigenvalue weighted by molar-refractivity contribution is 6.01. The van der Waals surface area contributed by atoms with Gasteiger partial charge >= 0.3 is 6.01 Å². The summed E-state index contributed by atoms with van der Waals surface area (Å²) in [6.07, 6.45) is 15.6. The minimum atomic E-state index is 0.0753. The van der Waals surface area contributed by atoms with Crippen molar-refractivity contribution in [3.63, 3.8) is 0 Å². The number of hydrogen-bond donors (Lipinski definition) is 1. The third-order valence-corrected chi connectivity index (χ3v) is 7.80. The maximum atomic E-state index is 12.6. The topological polar surface area (TPSA) is 84.6 Å². The van der Waals surface area contributed by atoms with Crippen LogP contribution in [-0.4, -0.2) is 53.6 Å². The first kappa shape index (κ1) is 24.2. The lowest BCUT2D eigenvalue weighted by molar-refractivity contribution is -0.117. The van der Waals surface area contributed by atoms with Crippen molar-refractivity contribution in [2.45, 2.75) is 90.4 Å². The molecule has 0 unspecified atom stereocenters. The average Bonchev–Trinajstić information content (AvgIpc) is 3.43. The van der Waals surface area contributed by atoms with Crippen molar-refractivity contribution >= 4 is 17.5 Å². The van der Waals surface area contributed by atoms with Gasteiger partial charge in [-0.2, -0.15) is 9.97 Å². The first-order chi connectivity index (χ1) is 16.1. The molecular formula is C26H43N5O2. The Morgan fingerprint density at radius 1 is 1.00 bits per heavy atom. The van der Waals surface area contributed by atoms with Crippen LogP contribution in [-0.2, 0) is 11.2 Å². The molecule has 1 amide bonds. The quantitative estimate of drug-likeness (QED) is 0.462. The number of ether oxygens (including phenoxy) is 1. The van der Waals surface area contributed by atoms with Crippen LogP contribution in [0.4, 0.5) is 11.6 Å². The van der Waals surface area contributed by atoms with Crippen molar-refractivity contribution in [2.24, 2.45) is 11.8 Å². The molecule has 3 heterocycles. The predicted octanol–water partition coefficient (Wildman–Crippen LogP) is 4.59. The van der Waals surface area contributed by atoms with Crippen molar-refractivity contribution in [1.82, 2.24) is 14.9 Å². The number of unbranched alkanes of at least 4 members (excludes halogenated alkanes) is 3. The summed E-state index contributed by atoms with van der Waals surface area (Å²) in [5.74, 6) is 2.97. The van der Waals surface area contributed by atoms with Crippen LogP contribution in [0.3, 0.4) is 0 Å². The van der Waals surface area contributed by atoms with Gasteiger partial charge in [0.25, 0.3) is 0 Å². The lowest BCUT2D eigenvalue weighted by atomic mass is 9.90. The molecule has 0 spiro atoms. The van der Waals surface area contributed by atoms with E-state index < -0.39 is 0 Å². The molecule has 0 radical (unpaired) electrons. The molecule has 2 N–H and O–H groups in total. The highest BCUT2D eigenvalue weighted by Gasteiger charge is 2.32. The van der Waals surface area contributed by atoms with Gasteiger partial charge in [-0.3, -0.25) is 9.69 Å². The molecule has 4 rings (SSSR count). The lowest BCUT2D eigenvalue weighted by Gasteiger charge is -2.33. The molecule has 1 aromatic heterocycles. The van der Waals surface area contributed by atoms with Crippen molar-refractivity contribution < 1.29 is 9.53 Å². The Kier molecular flexibility index (Phi) is 8.82. The molecule has 0 bridgehead atoms. The molecule has 1 aliphatic carbocycles. The zero-order valence-electron chi connectivity index (χ0n) is 20.6. The molecule has 33 heavy (non-hydrogen) atoms. The molecule has 7 heteroatoms. The maximum absolute atomic E-state index is 12.6. The number of hydrogen-bond acceptors (Lipinski definition) is 6. The van der Waals surface area contributed by atoms with Gasteiger partial charge in [0.05, 0.1) is 13.0 Å². The molecule has 0 aromatic carbocycles. The van der Waals surface area contributed by atoms with Crippen LogP contribution >= 0.6 is 0 Å². The van der Waals surface area contributed by atoms with Crippen LogP contribution in [0, 0.1) is 11.8 Å². The first-order valence-corrected chi connectivity index (χ1v) is 13.5. The number of amides is 1. The second kappa shape index (κ2) is 12.0. The van der Waals surface area contributed by atoms with Gasteiger partial charge < -0.3 is 15.4 Å². The number of likely N-dealkylation sites (tertiary alicyclic amines) is 1. The van der Waals surface area contributed by atoms with Gasteiger partial charge in [-0.1, -0.05) is 45.4 Å². The van der Waals surface area contributed by atoms with Gasteiger partial charge in [-0.05, 0) is 63.5 Å². The number of carbonyl (C=O) groups excluding carboxylic acids is 1. The minimum absolute atomic E-state index is 0.0753. The summed E-state index contributed by atoms with van der Waals surface area (Å²) in [7, 11) is 0. The Morgan fingerprint density at radius 3 is 2.55 bits per heavy atom. The zero-order valence-corrected chi connectivity index (χ0v) is 20.6. The fourth-order valence-corrected chi connectivity index (χ4v) is 5.72. The summed E-state index contributed by atoms with van der Waals surface area (Å²) in [6.45, 7) is 7.33. The predicted molar refractivity (Wildman–Crippen MR) is 132 cm³/mol. The minimum Gasteiger partial charge on any atom is -0.463 e. The van der Waals surface area contributed by atoms with E-state index in [1.54, 1.807) is 4.90 Å². The van der Waals surface area contributed by atoms with E-state index >= 15 is 0 Å². The molecule has 0 atom stereocenters. The molecule has 2 aliphatic heterocycles. The van der Waals surface area contributed by atoms with Gasteiger partial charge in [-0.25, -0.2) is 0 Å². The normalized spacial score (nSPS) is 20.0. The van der Waals surface area contributed by atoms with Crippen molar-refractivity contribution in [2.75, 3.05) is 43.4 Å². The van der Waals surface area contributed by atoms with Gasteiger partial charge in [0.1, 0.15) is 11.6 Å². The number of nitrogens with two attached hydrogens (primary N) is 1. The molecule has 1 saturated carbocycles. The summed E-state index contributed by atoms with van der Waals surface area (Å²) in [4.78, 5) is 25.9. The van der Waals surface area contributed by atoms with Gasteiger partial charge in [-0.15, -0.1) is 0 Å². The number of nitrogen functional groups attached to an aromatic ring is 1. The first-order valence-electron chi connectivity index (χ1n) is 13.5. The molecule has 2 fully saturated rings. The van der Waals surface area contributed by atoms with Gasteiger partial charge in [0.2, 0.25) is 5.91 Å². The number of nitrogens with zero attached hydrogens (tertiary/aromatic N) is 4. The number of anilines is 2. The van der Waals surface area contributed by atoms with Crippen molar-refractivity contribution in [3.8, 4) is 6.01 Å². The van der Waals surface area contributed by atoms with Gasteiger partial charge in [0.15, 0.2) is 0 Å². The molecule has 7 nitrogen and oxygen atoms in total. The number of carbonyl (C=O) groups is 1. The lowest BCUT2D eigenvalue weighted by Crippen LogP contribution is -2.36. The molecular weight excluding hydrogens is 414 g/mol. The van der Waals surface area contributed by atoms with E-state index in [4.69, 9.17) is 10.5 Å². The van der Waals surface area contributed by atoms with E-state index in [1.165, 1.54) is 71.0 Å². The van der Waals surface area contributed by atoms with E-state index in [0.717, 1.165) is 43.1 Å². The summed E-state index contributed by atoms with van der Waals surface area (Å²) in [6, 6.07) is 0.290. The third-order valence-electron chi connectivity index (χ3n) is 7.80. The fourth-order valence-electron chi connectivity index (χ4n) is 5.72. The van der Waals surface area contributed by atoms with Crippen LogP contribution in [0.15, 0.2) is 0 Å². The van der Waals surface area contributed by atoms with Crippen LogP contribution in [0.2, 0.25) is 0 Å². The molecule has 3 aliphatic rings. The van der Waals surface area contributed by atoms with Gasteiger partial charge in [0, 0.05) is 18.7 Å². The smallest absolute Gasteiger partial charge is 0.320 e. The van der Waals surface area contributed by atoms with Crippen molar-refractivity contribution in [1.29, 1.82) is 0 Å². The number of fused-ring (bicyclic) bond motifs is 1. The van der Waals surface area contributed by atoms with Crippen molar-refractivity contribution in [3.05, 3.63) is 5.56 Å². The molecule has 1 aromatic rings. The number of piperidine rings is 1. The largest absolute Gasteiger partial charge is 0.463 e. The Balaban J connectivity index is 1.16.